The van der Waals surface area contributed by atoms with Gasteiger partial charge in [-0.3, -0.25) is 9.59 Å². The summed E-state index contributed by atoms with van der Waals surface area (Å²) in [4.78, 5) is 24.9. The first-order valence-electron chi connectivity index (χ1n) is 11.3. The van der Waals surface area contributed by atoms with Crippen molar-refractivity contribution in [1.29, 1.82) is 0 Å². The molecule has 0 saturated heterocycles. The van der Waals surface area contributed by atoms with Crippen molar-refractivity contribution in [3.63, 3.8) is 0 Å². The number of carbonyl (C=O) groups excluding carboxylic acids is 1. The van der Waals surface area contributed by atoms with Gasteiger partial charge < -0.3 is 10.1 Å². The summed E-state index contributed by atoms with van der Waals surface area (Å²) < 4.78 is 7.05. The number of benzene rings is 3. The maximum Gasteiger partial charge on any atom is 0.271 e. The average Bonchev–Trinajstić information content (AvgIpc) is 2.87. The molecule has 0 fully saturated rings. The van der Waals surface area contributed by atoms with Crippen molar-refractivity contribution in [2.75, 3.05) is 0 Å². The van der Waals surface area contributed by atoms with Gasteiger partial charge in [-0.25, -0.2) is 0 Å². The molecule has 1 N–H and O–H groups in total. The van der Waals surface area contributed by atoms with E-state index in [-0.39, 0.29) is 11.5 Å². The van der Waals surface area contributed by atoms with Crippen LogP contribution in [-0.2, 0) is 19.6 Å². The van der Waals surface area contributed by atoms with Crippen LogP contribution >= 0.6 is 0 Å². The van der Waals surface area contributed by atoms with E-state index in [1.54, 1.807) is 30.3 Å². The van der Waals surface area contributed by atoms with Crippen molar-refractivity contribution < 1.29 is 9.53 Å². The molecule has 34 heavy (non-hydrogen) atoms. The molecule has 3 aromatic carbocycles. The van der Waals surface area contributed by atoms with Crippen molar-refractivity contribution in [3.05, 3.63) is 123 Å². The molecule has 6 nitrogen and oxygen atoms in total. The molecule has 0 aliphatic carbocycles. The first-order valence-corrected chi connectivity index (χ1v) is 11.3. The number of ether oxygens (including phenoxy) is 1. The van der Waals surface area contributed by atoms with Crippen molar-refractivity contribution in [1.82, 2.24) is 15.1 Å². The fourth-order valence-corrected chi connectivity index (χ4v) is 3.55. The van der Waals surface area contributed by atoms with E-state index in [0.717, 1.165) is 23.1 Å². The van der Waals surface area contributed by atoms with Crippen LogP contribution in [0.1, 0.15) is 39.5 Å². The second-order valence-corrected chi connectivity index (χ2v) is 8.10. The van der Waals surface area contributed by atoms with Gasteiger partial charge in [0.1, 0.15) is 6.61 Å². The Morgan fingerprint density at radius 1 is 0.912 bits per heavy atom. The van der Waals surface area contributed by atoms with Gasteiger partial charge in [0, 0.05) is 24.2 Å². The lowest BCUT2D eigenvalue weighted by atomic mass is 10.1. The fourth-order valence-electron chi connectivity index (χ4n) is 3.55. The van der Waals surface area contributed by atoms with Crippen LogP contribution in [0.5, 0.6) is 5.88 Å². The number of hydrogen-bond acceptors (Lipinski definition) is 4. The highest BCUT2D eigenvalue weighted by Crippen LogP contribution is 2.12. The van der Waals surface area contributed by atoms with E-state index in [9.17, 15) is 9.59 Å². The zero-order valence-corrected chi connectivity index (χ0v) is 19.3. The van der Waals surface area contributed by atoms with Gasteiger partial charge in [-0.1, -0.05) is 61.0 Å². The van der Waals surface area contributed by atoms with Gasteiger partial charge >= 0.3 is 0 Å². The van der Waals surface area contributed by atoms with Crippen molar-refractivity contribution >= 4 is 5.91 Å². The third-order valence-electron chi connectivity index (χ3n) is 5.50. The molecule has 0 aliphatic heterocycles. The van der Waals surface area contributed by atoms with Crippen molar-refractivity contribution in [3.8, 4) is 11.6 Å². The Kier molecular flexibility index (Phi) is 7.18. The summed E-state index contributed by atoms with van der Waals surface area (Å²) in [5.74, 6) is 0.165. The molecular formula is C28H27N3O3. The second kappa shape index (κ2) is 10.6. The average molecular weight is 454 g/mol. The normalized spacial score (nSPS) is 10.6. The number of rotatable bonds is 8. The van der Waals surface area contributed by atoms with Crippen molar-refractivity contribution in [2.45, 2.75) is 33.4 Å². The maximum atomic E-state index is 12.5. The molecule has 0 spiro atoms. The standard InChI is InChI=1S/C28H27N3O3/c1-3-21-7-9-22(10-8-21)18-29-28(33)24-11-13-25(14-12-24)31-27(32)16-15-26(30-31)34-19-23-6-4-5-20(2)17-23/h4-17H,3,18-19H2,1-2H3,(H,29,33). The molecular weight excluding hydrogens is 426 g/mol. The van der Waals surface area contributed by atoms with Gasteiger partial charge in [-0.2, -0.15) is 4.68 Å². The maximum absolute atomic E-state index is 12.5. The molecule has 1 heterocycles. The minimum atomic E-state index is -0.282. The summed E-state index contributed by atoms with van der Waals surface area (Å²) in [6, 6.07) is 25.9. The van der Waals surface area contributed by atoms with Gasteiger partial charge in [-0.15, -0.1) is 5.10 Å². The summed E-state index contributed by atoms with van der Waals surface area (Å²) in [6.45, 7) is 4.94. The third kappa shape index (κ3) is 5.78. The van der Waals surface area contributed by atoms with Crippen LogP contribution < -0.4 is 15.6 Å². The lowest BCUT2D eigenvalue weighted by molar-refractivity contribution is 0.0951. The van der Waals surface area contributed by atoms with Crippen LogP contribution in [0.15, 0.2) is 89.7 Å². The molecule has 0 bridgehead atoms. The Hall–Kier alpha value is -4.19. The lowest BCUT2D eigenvalue weighted by Crippen LogP contribution is -2.23. The monoisotopic (exact) mass is 453 g/mol. The molecule has 4 rings (SSSR count). The molecule has 0 radical (unpaired) electrons. The summed E-state index contributed by atoms with van der Waals surface area (Å²) >= 11 is 0. The first kappa shape index (κ1) is 23.0. The van der Waals surface area contributed by atoms with Gasteiger partial charge in [0.25, 0.3) is 11.5 Å². The Bertz CT molecular complexity index is 1330. The van der Waals surface area contributed by atoms with Gasteiger partial charge in [0.15, 0.2) is 0 Å². The topological polar surface area (TPSA) is 73.2 Å². The fraction of sp³-hybridized carbons (Fsp3) is 0.179. The molecule has 0 atom stereocenters. The largest absolute Gasteiger partial charge is 0.472 e. The molecule has 1 amide bonds. The van der Waals surface area contributed by atoms with Crippen LogP contribution in [0, 0.1) is 6.92 Å². The van der Waals surface area contributed by atoms with Gasteiger partial charge in [0.05, 0.1) is 5.69 Å². The van der Waals surface area contributed by atoms with E-state index >= 15 is 0 Å². The highest BCUT2D eigenvalue weighted by atomic mass is 16.5. The van der Waals surface area contributed by atoms with Crippen LogP contribution in [0.25, 0.3) is 5.69 Å². The minimum Gasteiger partial charge on any atom is -0.472 e. The zero-order valence-electron chi connectivity index (χ0n) is 19.3. The third-order valence-corrected chi connectivity index (χ3v) is 5.50. The number of carbonyl (C=O) groups is 1. The highest BCUT2D eigenvalue weighted by Gasteiger charge is 2.09. The molecule has 172 valence electrons. The highest BCUT2D eigenvalue weighted by molar-refractivity contribution is 5.94. The van der Waals surface area contributed by atoms with Gasteiger partial charge in [-0.05, 0) is 54.3 Å². The number of aryl methyl sites for hydroxylation is 2. The SMILES string of the molecule is CCc1ccc(CNC(=O)c2ccc(-n3nc(OCc4cccc(C)c4)ccc3=O)cc2)cc1. The number of amides is 1. The summed E-state index contributed by atoms with van der Waals surface area (Å²) in [7, 11) is 0. The van der Waals surface area contributed by atoms with Crippen molar-refractivity contribution in [2.24, 2.45) is 0 Å². The van der Waals surface area contributed by atoms with E-state index in [4.69, 9.17) is 4.74 Å². The molecule has 1 aromatic heterocycles. The van der Waals surface area contributed by atoms with E-state index < -0.39 is 0 Å². The molecule has 0 unspecified atom stereocenters. The van der Waals surface area contributed by atoms with E-state index in [1.165, 1.54) is 16.3 Å². The number of hydrogen-bond donors (Lipinski definition) is 1. The smallest absolute Gasteiger partial charge is 0.271 e. The van der Waals surface area contributed by atoms with E-state index in [2.05, 4.69) is 29.5 Å². The summed E-state index contributed by atoms with van der Waals surface area (Å²) in [5, 5.41) is 7.25. The second-order valence-electron chi connectivity index (χ2n) is 8.10. The van der Waals surface area contributed by atoms with E-state index in [1.807, 2.05) is 43.3 Å². The number of nitrogens with zero attached hydrogens (tertiary/aromatic N) is 2. The Morgan fingerprint density at radius 2 is 1.65 bits per heavy atom. The predicted molar refractivity (Wildman–Crippen MR) is 132 cm³/mol. The molecule has 6 heteroatoms. The van der Waals surface area contributed by atoms with E-state index in [0.29, 0.717) is 30.3 Å². The van der Waals surface area contributed by atoms with Crippen LogP contribution in [0.3, 0.4) is 0 Å². The molecule has 0 saturated carbocycles. The molecule has 4 aromatic rings. The lowest BCUT2D eigenvalue weighted by Gasteiger charge is -2.10. The van der Waals surface area contributed by atoms with Crippen LogP contribution in [0.4, 0.5) is 0 Å². The summed E-state index contributed by atoms with van der Waals surface area (Å²) in [6.07, 6.45) is 0.985. The number of nitrogens with one attached hydrogen (secondary N) is 1. The Labute approximate surface area is 198 Å². The summed E-state index contributed by atoms with van der Waals surface area (Å²) in [5.41, 5.74) is 5.26. The first-order chi connectivity index (χ1) is 16.5. The van der Waals surface area contributed by atoms with Gasteiger partial charge in [0.2, 0.25) is 5.88 Å². The predicted octanol–water partition coefficient (Wildman–Crippen LogP) is 4.61. The minimum absolute atomic E-state index is 0.179. The Morgan fingerprint density at radius 3 is 2.35 bits per heavy atom. The quantitative estimate of drug-likeness (QED) is 0.423. The molecule has 0 aliphatic rings. The van der Waals surface area contributed by atoms with Crippen LogP contribution in [0.2, 0.25) is 0 Å². The Balaban J connectivity index is 1.41. The number of aromatic nitrogens is 2. The van der Waals surface area contributed by atoms with Crippen LogP contribution in [-0.4, -0.2) is 15.7 Å². The zero-order chi connectivity index (χ0) is 23.9.